The minimum absolute atomic E-state index is 0.313. The first-order chi connectivity index (χ1) is 10.6. The number of carbonyl (C=O) groups is 1. The third-order valence-electron chi connectivity index (χ3n) is 3.54. The summed E-state index contributed by atoms with van der Waals surface area (Å²) >= 11 is 0. The number of carboxylic acid groups (broad SMARTS) is 1. The van der Waals surface area contributed by atoms with Gasteiger partial charge < -0.3 is 9.84 Å². The van der Waals surface area contributed by atoms with Gasteiger partial charge in [-0.05, 0) is 18.2 Å². The highest BCUT2D eigenvalue weighted by Crippen LogP contribution is 2.13. The highest BCUT2D eigenvalue weighted by atomic mass is 19.1. The smallest absolute Gasteiger partial charge is 0.334 e. The lowest BCUT2D eigenvalue weighted by atomic mass is 10.2. The maximum atomic E-state index is 13.2. The molecule has 1 N–H and O–H groups in total. The van der Waals surface area contributed by atoms with E-state index in [9.17, 15) is 9.18 Å². The largest absolute Gasteiger partial charge is 0.479 e. The molecule has 2 aromatic rings. The minimum Gasteiger partial charge on any atom is -0.479 e. The summed E-state index contributed by atoms with van der Waals surface area (Å²) in [6, 6.07) is 6.19. The highest BCUT2D eigenvalue weighted by Gasteiger charge is 2.26. The van der Waals surface area contributed by atoms with E-state index in [2.05, 4.69) is 5.10 Å². The average molecular weight is 305 g/mol. The van der Waals surface area contributed by atoms with Crippen molar-refractivity contribution in [3.05, 3.63) is 48.0 Å². The van der Waals surface area contributed by atoms with Crippen molar-refractivity contribution < 1.29 is 19.0 Å². The van der Waals surface area contributed by atoms with Crippen molar-refractivity contribution in [3.63, 3.8) is 0 Å². The maximum Gasteiger partial charge on any atom is 0.334 e. The molecule has 1 fully saturated rings. The van der Waals surface area contributed by atoms with Crippen LogP contribution in [0.5, 0.6) is 0 Å². The van der Waals surface area contributed by atoms with E-state index >= 15 is 0 Å². The van der Waals surface area contributed by atoms with Gasteiger partial charge in [-0.15, -0.1) is 0 Å². The molecular formula is C15H16FN3O3. The zero-order valence-electron chi connectivity index (χ0n) is 11.9. The Balaban J connectivity index is 1.68. The first-order valence-corrected chi connectivity index (χ1v) is 6.98. The van der Waals surface area contributed by atoms with Gasteiger partial charge in [-0.2, -0.15) is 5.10 Å². The number of nitrogens with zero attached hydrogens (tertiary/aromatic N) is 3. The van der Waals surface area contributed by atoms with Crippen molar-refractivity contribution in [2.75, 3.05) is 19.7 Å². The van der Waals surface area contributed by atoms with Gasteiger partial charge in [0.1, 0.15) is 5.82 Å². The molecule has 1 aromatic heterocycles. The van der Waals surface area contributed by atoms with Gasteiger partial charge in [-0.25, -0.2) is 13.9 Å². The molecule has 1 saturated heterocycles. The third-order valence-corrected chi connectivity index (χ3v) is 3.54. The Hall–Kier alpha value is -2.25. The van der Waals surface area contributed by atoms with Crippen molar-refractivity contribution >= 4 is 5.97 Å². The van der Waals surface area contributed by atoms with Gasteiger partial charge in [0.05, 0.1) is 18.5 Å². The van der Waals surface area contributed by atoms with Crippen LogP contribution < -0.4 is 0 Å². The summed E-state index contributed by atoms with van der Waals surface area (Å²) < 4.78 is 20.0. The summed E-state index contributed by atoms with van der Waals surface area (Å²) in [4.78, 5) is 13.0. The number of aromatic nitrogens is 2. The molecule has 0 radical (unpaired) electrons. The lowest BCUT2D eigenvalue weighted by molar-refractivity contribution is -0.156. The summed E-state index contributed by atoms with van der Waals surface area (Å²) in [6.07, 6.45) is 2.74. The SMILES string of the molecule is O=C(O)[C@@H]1CN(Cc2cnn(-c3cccc(F)c3)c2)CCO1. The van der Waals surface area contributed by atoms with Crippen molar-refractivity contribution in [2.24, 2.45) is 0 Å². The van der Waals surface area contributed by atoms with E-state index in [1.165, 1.54) is 12.1 Å². The lowest BCUT2D eigenvalue weighted by Crippen LogP contribution is -2.45. The molecule has 22 heavy (non-hydrogen) atoms. The van der Waals surface area contributed by atoms with Crippen LogP contribution in [0.3, 0.4) is 0 Å². The molecule has 116 valence electrons. The van der Waals surface area contributed by atoms with Crippen LogP contribution in [0.15, 0.2) is 36.7 Å². The van der Waals surface area contributed by atoms with Crippen LogP contribution in [-0.2, 0) is 16.1 Å². The first-order valence-electron chi connectivity index (χ1n) is 6.98. The number of carboxylic acids is 1. The summed E-state index contributed by atoms with van der Waals surface area (Å²) in [7, 11) is 0. The Morgan fingerprint density at radius 3 is 3.14 bits per heavy atom. The molecule has 1 aliphatic rings. The van der Waals surface area contributed by atoms with E-state index in [4.69, 9.17) is 9.84 Å². The van der Waals surface area contributed by atoms with E-state index in [-0.39, 0.29) is 5.82 Å². The molecule has 0 spiro atoms. The molecule has 0 saturated carbocycles. The second-order valence-corrected chi connectivity index (χ2v) is 5.21. The zero-order valence-corrected chi connectivity index (χ0v) is 11.9. The predicted molar refractivity (Wildman–Crippen MR) is 76.2 cm³/mol. The van der Waals surface area contributed by atoms with E-state index in [0.717, 1.165) is 5.56 Å². The fraction of sp³-hybridized carbons (Fsp3) is 0.333. The number of aliphatic carboxylic acids is 1. The normalized spacial score (nSPS) is 19.2. The minimum atomic E-state index is -0.944. The molecule has 0 bridgehead atoms. The molecule has 3 rings (SSSR count). The molecule has 7 heteroatoms. The second kappa shape index (κ2) is 6.25. The molecular weight excluding hydrogens is 289 g/mol. The molecule has 0 aliphatic carbocycles. The molecule has 1 aromatic carbocycles. The first kappa shape index (κ1) is 14.7. The Bertz CT molecular complexity index is 674. The van der Waals surface area contributed by atoms with Crippen LogP contribution in [0.2, 0.25) is 0 Å². The Morgan fingerprint density at radius 2 is 2.36 bits per heavy atom. The van der Waals surface area contributed by atoms with E-state index in [1.807, 2.05) is 11.1 Å². The van der Waals surface area contributed by atoms with Crippen LogP contribution in [0, 0.1) is 5.82 Å². The molecule has 0 amide bonds. The summed E-state index contributed by atoms with van der Waals surface area (Å²) in [6.45, 7) is 2.01. The van der Waals surface area contributed by atoms with Gasteiger partial charge in [0, 0.05) is 31.4 Å². The summed E-state index contributed by atoms with van der Waals surface area (Å²) in [5, 5.41) is 13.2. The molecule has 1 atom stereocenters. The van der Waals surface area contributed by atoms with E-state index in [1.54, 1.807) is 23.0 Å². The van der Waals surface area contributed by atoms with E-state index in [0.29, 0.717) is 31.9 Å². The molecule has 2 heterocycles. The number of ether oxygens (including phenoxy) is 1. The van der Waals surface area contributed by atoms with Crippen molar-refractivity contribution in [3.8, 4) is 5.69 Å². The highest BCUT2D eigenvalue weighted by molar-refractivity contribution is 5.72. The number of hydrogen-bond donors (Lipinski definition) is 1. The Morgan fingerprint density at radius 1 is 1.50 bits per heavy atom. The quantitative estimate of drug-likeness (QED) is 0.922. The van der Waals surface area contributed by atoms with Crippen molar-refractivity contribution in [1.29, 1.82) is 0 Å². The van der Waals surface area contributed by atoms with Gasteiger partial charge in [0.15, 0.2) is 6.10 Å². The fourth-order valence-electron chi connectivity index (χ4n) is 2.46. The van der Waals surface area contributed by atoms with Gasteiger partial charge in [0.25, 0.3) is 0 Å². The molecule has 0 unspecified atom stereocenters. The number of rotatable bonds is 4. The van der Waals surface area contributed by atoms with Gasteiger partial charge in [0.2, 0.25) is 0 Å². The van der Waals surface area contributed by atoms with Crippen molar-refractivity contribution in [2.45, 2.75) is 12.6 Å². The Kier molecular flexibility index (Phi) is 4.17. The number of halogens is 1. The molecule has 1 aliphatic heterocycles. The monoisotopic (exact) mass is 305 g/mol. The predicted octanol–water partition coefficient (Wildman–Crippen LogP) is 1.30. The van der Waals surface area contributed by atoms with Crippen molar-refractivity contribution in [1.82, 2.24) is 14.7 Å². The topological polar surface area (TPSA) is 67.6 Å². The zero-order chi connectivity index (χ0) is 15.5. The summed E-state index contributed by atoms with van der Waals surface area (Å²) in [5.74, 6) is -1.26. The standard InChI is InChI=1S/C15H16FN3O3/c16-12-2-1-3-13(6-12)19-9-11(7-17-19)8-18-4-5-22-14(10-18)15(20)21/h1-3,6-7,9,14H,4-5,8,10H2,(H,20,21)/t14-/m0/s1. The lowest BCUT2D eigenvalue weighted by Gasteiger charge is -2.30. The maximum absolute atomic E-state index is 13.2. The van der Waals surface area contributed by atoms with Gasteiger partial charge in [-0.1, -0.05) is 6.07 Å². The van der Waals surface area contributed by atoms with Crippen LogP contribution in [0.4, 0.5) is 4.39 Å². The van der Waals surface area contributed by atoms with Crippen LogP contribution in [-0.4, -0.2) is 51.6 Å². The summed E-state index contributed by atoms with van der Waals surface area (Å²) in [5.41, 5.74) is 1.59. The average Bonchev–Trinajstić information content (AvgIpc) is 2.96. The Labute approximate surface area is 126 Å². The third kappa shape index (κ3) is 3.32. The number of hydrogen-bond acceptors (Lipinski definition) is 4. The van der Waals surface area contributed by atoms with Gasteiger partial charge in [-0.3, -0.25) is 4.90 Å². The molecule has 6 nitrogen and oxygen atoms in total. The van der Waals surface area contributed by atoms with Crippen LogP contribution in [0.1, 0.15) is 5.56 Å². The van der Waals surface area contributed by atoms with E-state index < -0.39 is 12.1 Å². The number of morpholine rings is 1. The van der Waals surface area contributed by atoms with Crippen LogP contribution >= 0.6 is 0 Å². The van der Waals surface area contributed by atoms with Gasteiger partial charge >= 0.3 is 5.97 Å². The number of benzene rings is 1. The second-order valence-electron chi connectivity index (χ2n) is 5.21. The van der Waals surface area contributed by atoms with Crippen LogP contribution in [0.25, 0.3) is 5.69 Å². The fourth-order valence-corrected chi connectivity index (χ4v) is 2.46.